The SMILES string of the molecule is CC(C)(O[Si](C)(C)C)C(C)(CCCOCC1CO1)[Si](C)(C)C. The van der Waals surface area contributed by atoms with E-state index in [1.165, 1.54) is 6.42 Å². The summed E-state index contributed by atoms with van der Waals surface area (Å²) in [6.07, 6.45) is 2.65. The fourth-order valence-electron chi connectivity index (χ4n) is 3.36. The highest BCUT2D eigenvalue weighted by Gasteiger charge is 2.51. The summed E-state index contributed by atoms with van der Waals surface area (Å²) in [6.45, 7) is 23.8. The molecule has 2 atom stereocenters. The first-order valence-corrected chi connectivity index (χ1v) is 15.6. The van der Waals surface area contributed by atoms with E-state index in [2.05, 4.69) is 60.1 Å². The summed E-state index contributed by atoms with van der Waals surface area (Å²) in [5, 5.41) is 0.236. The van der Waals surface area contributed by atoms with E-state index in [0.717, 1.165) is 26.2 Å². The van der Waals surface area contributed by atoms with E-state index < -0.39 is 16.4 Å². The Kier molecular flexibility index (Phi) is 6.53. The lowest BCUT2D eigenvalue weighted by Crippen LogP contribution is -2.55. The molecule has 0 aliphatic carbocycles. The number of hydrogen-bond acceptors (Lipinski definition) is 3. The van der Waals surface area contributed by atoms with Crippen molar-refractivity contribution in [2.24, 2.45) is 0 Å². The zero-order valence-electron chi connectivity index (χ0n) is 16.3. The van der Waals surface area contributed by atoms with E-state index in [1.807, 2.05) is 0 Å². The van der Waals surface area contributed by atoms with Crippen LogP contribution in [-0.4, -0.2) is 47.9 Å². The number of ether oxygens (including phenoxy) is 2. The van der Waals surface area contributed by atoms with E-state index >= 15 is 0 Å². The maximum atomic E-state index is 6.63. The minimum Gasteiger partial charge on any atom is -0.412 e. The second-order valence-corrected chi connectivity index (χ2v) is 19.5. The molecule has 0 aromatic carbocycles. The lowest BCUT2D eigenvalue weighted by molar-refractivity contribution is 0.0381. The summed E-state index contributed by atoms with van der Waals surface area (Å²) in [6, 6.07) is 0. The van der Waals surface area contributed by atoms with Gasteiger partial charge in [0.05, 0.1) is 26.9 Å². The van der Waals surface area contributed by atoms with Crippen molar-refractivity contribution in [3.63, 3.8) is 0 Å². The van der Waals surface area contributed by atoms with Crippen molar-refractivity contribution >= 4 is 16.4 Å². The minimum atomic E-state index is -1.57. The molecule has 1 saturated heterocycles. The number of rotatable bonds is 10. The van der Waals surface area contributed by atoms with Gasteiger partial charge in [-0.1, -0.05) is 26.6 Å². The summed E-state index contributed by atoms with van der Waals surface area (Å²) >= 11 is 0. The molecule has 0 spiro atoms. The quantitative estimate of drug-likeness (QED) is 0.320. The normalized spacial score (nSPS) is 22.5. The molecule has 132 valence electrons. The topological polar surface area (TPSA) is 31.0 Å². The van der Waals surface area contributed by atoms with E-state index in [0.29, 0.717) is 6.10 Å². The summed E-state index contributed by atoms with van der Waals surface area (Å²) in [7, 11) is -2.97. The summed E-state index contributed by atoms with van der Waals surface area (Å²) in [4.78, 5) is 0. The van der Waals surface area contributed by atoms with Gasteiger partial charge in [-0.3, -0.25) is 0 Å². The van der Waals surface area contributed by atoms with Crippen LogP contribution < -0.4 is 0 Å². The first-order chi connectivity index (χ1) is 9.79. The van der Waals surface area contributed by atoms with Crippen molar-refractivity contribution in [3.8, 4) is 0 Å². The molecule has 1 aliphatic rings. The average Bonchev–Trinajstić information content (AvgIpc) is 3.07. The highest BCUT2D eigenvalue weighted by molar-refractivity contribution is 6.79. The molecule has 3 nitrogen and oxygen atoms in total. The Labute approximate surface area is 140 Å². The van der Waals surface area contributed by atoms with Crippen LogP contribution >= 0.6 is 0 Å². The Morgan fingerprint density at radius 3 is 2.00 bits per heavy atom. The van der Waals surface area contributed by atoms with Gasteiger partial charge in [0, 0.05) is 6.61 Å². The van der Waals surface area contributed by atoms with Gasteiger partial charge in [-0.25, -0.2) is 0 Å². The van der Waals surface area contributed by atoms with Crippen molar-refractivity contribution in [2.45, 2.75) is 89.6 Å². The molecule has 0 N–H and O–H groups in total. The fourth-order valence-corrected chi connectivity index (χ4v) is 8.01. The second kappa shape index (κ2) is 7.05. The molecule has 22 heavy (non-hydrogen) atoms. The molecule has 0 aromatic rings. The molecule has 0 bridgehead atoms. The van der Waals surface area contributed by atoms with Crippen LogP contribution in [0, 0.1) is 0 Å². The summed E-state index contributed by atoms with van der Waals surface area (Å²) in [5.41, 5.74) is -0.0818. The van der Waals surface area contributed by atoms with E-state index in [9.17, 15) is 0 Å². The molecule has 1 fully saturated rings. The Morgan fingerprint density at radius 1 is 1.05 bits per heavy atom. The molecule has 0 aromatic heterocycles. The van der Waals surface area contributed by atoms with Gasteiger partial charge in [-0.2, -0.15) is 0 Å². The molecule has 2 unspecified atom stereocenters. The van der Waals surface area contributed by atoms with Crippen molar-refractivity contribution in [3.05, 3.63) is 0 Å². The van der Waals surface area contributed by atoms with E-state index in [4.69, 9.17) is 13.9 Å². The molecule has 0 amide bonds. The fraction of sp³-hybridized carbons (Fsp3) is 1.00. The van der Waals surface area contributed by atoms with Crippen molar-refractivity contribution in [2.75, 3.05) is 19.8 Å². The lowest BCUT2D eigenvalue weighted by Gasteiger charge is -2.54. The van der Waals surface area contributed by atoms with Crippen molar-refractivity contribution < 1.29 is 13.9 Å². The largest absolute Gasteiger partial charge is 0.412 e. The summed E-state index contributed by atoms with van der Waals surface area (Å²) < 4.78 is 17.6. The third kappa shape index (κ3) is 5.75. The number of epoxide rings is 1. The first-order valence-electron chi connectivity index (χ1n) is 8.68. The van der Waals surface area contributed by atoms with Gasteiger partial charge >= 0.3 is 0 Å². The lowest BCUT2D eigenvalue weighted by atomic mass is 9.87. The van der Waals surface area contributed by atoms with Crippen LogP contribution in [0.3, 0.4) is 0 Å². The molecule has 1 heterocycles. The molecule has 0 saturated carbocycles. The first kappa shape index (κ1) is 20.4. The van der Waals surface area contributed by atoms with Crippen LogP contribution in [0.2, 0.25) is 44.3 Å². The van der Waals surface area contributed by atoms with Gasteiger partial charge in [0.15, 0.2) is 8.32 Å². The zero-order chi connectivity index (χ0) is 17.2. The number of hydrogen-bond donors (Lipinski definition) is 0. The Hall–Kier alpha value is 0.314. The highest BCUT2D eigenvalue weighted by atomic mass is 28.4. The predicted molar refractivity (Wildman–Crippen MR) is 100 cm³/mol. The van der Waals surface area contributed by atoms with Crippen molar-refractivity contribution in [1.82, 2.24) is 0 Å². The molecular weight excluding hydrogens is 308 g/mol. The average molecular weight is 347 g/mol. The third-order valence-corrected chi connectivity index (χ3v) is 10.5. The van der Waals surface area contributed by atoms with Crippen LogP contribution in [0.4, 0.5) is 0 Å². The van der Waals surface area contributed by atoms with E-state index in [-0.39, 0.29) is 10.6 Å². The van der Waals surface area contributed by atoms with Crippen LogP contribution in [0.5, 0.6) is 0 Å². The standard InChI is InChI=1S/C17H38O3Si2/c1-16(2,20-22(7,8)9)17(3,21(4,5)6)11-10-12-18-13-15-14-19-15/h15H,10-14H2,1-9H3. The maximum Gasteiger partial charge on any atom is 0.184 e. The van der Waals surface area contributed by atoms with Crippen LogP contribution in [-0.2, 0) is 13.9 Å². The molecule has 1 aliphatic heterocycles. The molecule has 0 radical (unpaired) electrons. The second-order valence-electron chi connectivity index (χ2n) is 9.44. The Bertz CT molecular complexity index is 354. The van der Waals surface area contributed by atoms with Crippen LogP contribution in [0.25, 0.3) is 0 Å². The Morgan fingerprint density at radius 2 is 1.59 bits per heavy atom. The van der Waals surface area contributed by atoms with Crippen LogP contribution in [0.1, 0.15) is 33.6 Å². The molecular formula is C17H38O3Si2. The van der Waals surface area contributed by atoms with Gasteiger partial charge in [0.2, 0.25) is 0 Å². The van der Waals surface area contributed by atoms with Gasteiger partial charge in [-0.15, -0.1) is 0 Å². The summed E-state index contributed by atoms with van der Waals surface area (Å²) in [5.74, 6) is 0. The van der Waals surface area contributed by atoms with Crippen molar-refractivity contribution in [1.29, 1.82) is 0 Å². The van der Waals surface area contributed by atoms with Crippen LogP contribution in [0.15, 0.2) is 0 Å². The minimum absolute atomic E-state index is 0.0818. The third-order valence-electron chi connectivity index (χ3n) is 5.22. The predicted octanol–water partition coefficient (Wildman–Crippen LogP) is 4.91. The zero-order valence-corrected chi connectivity index (χ0v) is 18.3. The highest BCUT2D eigenvalue weighted by Crippen LogP contribution is 2.53. The smallest absolute Gasteiger partial charge is 0.184 e. The van der Waals surface area contributed by atoms with Gasteiger partial charge < -0.3 is 13.9 Å². The maximum absolute atomic E-state index is 6.63. The van der Waals surface area contributed by atoms with Gasteiger partial charge in [0.25, 0.3) is 0 Å². The molecule has 5 heteroatoms. The Balaban J connectivity index is 2.66. The van der Waals surface area contributed by atoms with E-state index in [1.54, 1.807) is 0 Å². The van der Waals surface area contributed by atoms with Gasteiger partial charge in [0.1, 0.15) is 6.10 Å². The monoisotopic (exact) mass is 346 g/mol. The van der Waals surface area contributed by atoms with Gasteiger partial charge in [-0.05, 0) is 51.4 Å². The molecule has 1 rings (SSSR count).